The molecule has 2 aromatic heterocycles. The molecule has 0 fully saturated rings. The van der Waals surface area contributed by atoms with E-state index >= 15 is 0 Å². The van der Waals surface area contributed by atoms with Crippen molar-refractivity contribution in [2.24, 2.45) is 0 Å². The Balaban J connectivity index is 1.15. The second-order valence-electron chi connectivity index (χ2n) is 8.37. The molecule has 0 saturated heterocycles. The van der Waals surface area contributed by atoms with Crippen LogP contribution in [0.3, 0.4) is 0 Å². The maximum atomic E-state index is 4.82. The summed E-state index contributed by atoms with van der Waals surface area (Å²) < 4.78 is 4.41. The quantitative estimate of drug-likeness (QED) is 0.196. The monoisotopic (exact) mass is 542 g/mol. The SMILES string of the molecule is Cc1ccccc1Nc1ccc2nc(SSc3nc4ccc(Nc5ccccc5C)cc4s3)sc2c1. The number of hydrogen-bond acceptors (Lipinski definition) is 8. The molecular weight excluding hydrogens is 521 g/mol. The van der Waals surface area contributed by atoms with Gasteiger partial charge in [0.2, 0.25) is 0 Å². The molecule has 0 saturated carbocycles. The smallest absolute Gasteiger partial charge is 0.162 e. The molecule has 0 atom stereocenters. The summed E-state index contributed by atoms with van der Waals surface area (Å²) in [6.45, 7) is 4.23. The van der Waals surface area contributed by atoms with Gasteiger partial charge in [-0.05, 0) is 95.1 Å². The van der Waals surface area contributed by atoms with Gasteiger partial charge in [0.05, 0.1) is 20.4 Å². The molecule has 8 heteroatoms. The van der Waals surface area contributed by atoms with Crippen LogP contribution in [0.25, 0.3) is 20.4 Å². The highest BCUT2D eigenvalue weighted by Crippen LogP contribution is 2.44. The summed E-state index contributed by atoms with van der Waals surface area (Å²) in [7, 11) is 3.34. The van der Waals surface area contributed by atoms with Crippen molar-refractivity contribution < 1.29 is 0 Å². The van der Waals surface area contributed by atoms with Crippen LogP contribution in [0, 0.1) is 13.8 Å². The first kappa shape index (κ1) is 23.4. The number of nitrogens with one attached hydrogen (secondary N) is 2. The number of thiazole rings is 2. The molecule has 0 spiro atoms. The van der Waals surface area contributed by atoms with Gasteiger partial charge < -0.3 is 10.6 Å². The third-order valence-electron chi connectivity index (χ3n) is 5.77. The van der Waals surface area contributed by atoms with Gasteiger partial charge in [0.25, 0.3) is 0 Å². The van der Waals surface area contributed by atoms with Crippen LogP contribution >= 0.6 is 44.3 Å². The van der Waals surface area contributed by atoms with Crippen molar-refractivity contribution in [2.45, 2.75) is 22.5 Å². The van der Waals surface area contributed by atoms with Gasteiger partial charge in [0, 0.05) is 22.7 Å². The van der Waals surface area contributed by atoms with Crippen LogP contribution in [0.4, 0.5) is 22.7 Å². The van der Waals surface area contributed by atoms with Crippen molar-refractivity contribution in [3.8, 4) is 0 Å². The zero-order chi connectivity index (χ0) is 24.5. The summed E-state index contributed by atoms with van der Waals surface area (Å²) >= 11 is 3.43. The van der Waals surface area contributed by atoms with E-state index in [0.717, 1.165) is 42.5 Å². The Bertz CT molecular complexity index is 1560. The molecular formula is C28H22N4S4. The third kappa shape index (κ3) is 5.08. The lowest BCUT2D eigenvalue weighted by Crippen LogP contribution is -1.92. The van der Waals surface area contributed by atoms with Crippen molar-refractivity contribution in [3.05, 3.63) is 96.1 Å². The van der Waals surface area contributed by atoms with Gasteiger partial charge in [-0.2, -0.15) is 0 Å². The molecule has 178 valence electrons. The van der Waals surface area contributed by atoms with Crippen molar-refractivity contribution in [1.82, 2.24) is 9.97 Å². The molecule has 0 aliphatic carbocycles. The average molecular weight is 543 g/mol. The van der Waals surface area contributed by atoms with E-state index in [1.54, 1.807) is 44.3 Å². The number of aryl methyl sites for hydroxylation is 2. The molecule has 0 bridgehead atoms. The first-order valence-corrected chi connectivity index (χ1v) is 15.2. The molecule has 6 rings (SSSR count). The van der Waals surface area contributed by atoms with Gasteiger partial charge in [-0.25, -0.2) is 9.97 Å². The van der Waals surface area contributed by atoms with E-state index in [1.807, 2.05) is 0 Å². The van der Waals surface area contributed by atoms with E-state index in [9.17, 15) is 0 Å². The maximum Gasteiger partial charge on any atom is 0.162 e. The number of hydrogen-bond donors (Lipinski definition) is 2. The number of nitrogens with zero attached hydrogens (tertiary/aromatic N) is 2. The first-order chi connectivity index (χ1) is 17.6. The second kappa shape index (κ2) is 10.1. The Kier molecular flexibility index (Phi) is 6.58. The molecule has 0 amide bonds. The molecule has 0 radical (unpaired) electrons. The van der Waals surface area contributed by atoms with Crippen molar-refractivity contribution in [2.75, 3.05) is 10.6 Å². The lowest BCUT2D eigenvalue weighted by molar-refractivity contribution is 1.30. The minimum Gasteiger partial charge on any atom is -0.355 e. The summed E-state index contributed by atoms with van der Waals surface area (Å²) in [5, 5.41) is 7.04. The molecule has 2 heterocycles. The van der Waals surface area contributed by atoms with Crippen molar-refractivity contribution >= 4 is 87.4 Å². The molecule has 4 nitrogen and oxygen atoms in total. The summed E-state index contributed by atoms with van der Waals surface area (Å²) in [4.78, 5) is 9.63. The van der Waals surface area contributed by atoms with Gasteiger partial charge in [0.15, 0.2) is 8.68 Å². The Morgan fingerprint density at radius 3 is 1.47 bits per heavy atom. The van der Waals surface area contributed by atoms with E-state index in [-0.39, 0.29) is 0 Å². The molecule has 36 heavy (non-hydrogen) atoms. The number of para-hydroxylation sites is 2. The van der Waals surface area contributed by atoms with E-state index in [0.29, 0.717) is 0 Å². The zero-order valence-electron chi connectivity index (χ0n) is 19.6. The number of fused-ring (bicyclic) bond motifs is 2. The standard InChI is InChI=1S/C28H22N4S4/c1-17-7-3-5-9-21(17)29-19-11-13-23-25(15-19)33-27(31-23)35-36-28-32-24-14-12-20(16-26(24)34-28)30-22-10-6-4-8-18(22)2/h3-16,29-30H,1-2H3. The number of benzene rings is 4. The Morgan fingerprint density at radius 2 is 1.03 bits per heavy atom. The first-order valence-electron chi connectivity index (χ1n) is 11.4. The molecule has 2 N–H and O–H groups in total. The normalized spacial score (nSPS) is 11.3. The summed E-state index contributed by atoms with van der Waals surface area (Å²) in [5.41, 5.74) is 8.90. The fourth-order valence-corrected chi connectivity index (χ4v) is 8.42. The van der Waals surface area contributed by atoms with Crippen LogP contribution in [-0.2, 0) is 0 Å². The predicted molar refractivity (Wildman–Crippen MR) is 160 cm³/mol. The van der Waals surface area contributed by atoms with E-state index in [4.69, 9.17) is 9.97 Å². The molecule has 0 unspecified atom stereocenters. The number of aromatic nitrogens is 2. The largest absolute Gasteiger partial charge is 0.355 e. The van der Waals surface area contributed by atoms with Crippen LogP contribution in [-0.4, -0.2) is 9.97 Å². The van der Waals surface area contributed by atoms with Gasteiger partial charge in [-0.15, -0.1) is 22.7 Å². The van der Waals surface area contributed by atoms with Gasteiger partial charge >= 0.3 is 0 Å². The highest BCUT2D eigenvalue weighted by Gasteiger charge is 2.11. The van der Waals surface area contributed by atoms with E-state index < -0.39 is 0 Å². The number of rotatable bonds is 7. The minimum absolute atomic E-state index is 1.02. The predicted octanol–water partition coefficient (Wildman–Crippen LogP) is 9.81. The third-order valence-corrected chi connectivity index (χ3v) is 10.8. The van der Waals surface area contributed by atoms with Crippen molar-refractivity contribution in [1.29, 1.82) is 0 Å². The molecule has 6 aromatic rings. The topological polar surface area (TPSA) is 49.8 Å². The zero-order valence-corrected chi connectivity index (χ0v) is 22.9. The highest BCUT2D eigenvalue weighted by atomic mass is 33.1. The minimum atomic E-state index is 1.02. The highest BCUT2D eigenvalue weighted by molar-refractivity contribution is 8.77. The fraction of sp³-hybridized carbons (Fsp3) is 0.0714. The second-order valence-corrected chi connectivity index (χ2v) is 13.1. The van der Waals surface area contributed by atoms with E-state index in [1.165, 1.54) is 20.5 Å². The van der Waals surface area contributed by atoms with Gasteiger partial charge in [-0.1, -0.05) is 36.4 Å². The molecule has 0 aliphatic rings. The van der Waals surface area contributed by atoms with Crippen LogP contribution < -0.4 is 10.6 Å². The summed E-state index contributed by atoms with van der Waals surface area (Å²) in [6, 6.07) is 29.3. The van der Waals surface area contributed by atoms with Gasteiger partial charge in [0.1, 0.15) is 0 Å². The van der Waals surface area contributed by atoms with Crippen LogP contribution in [0.5, 0.6) is 0 Å². The lowest BCUT2D eigenvalue weighted by atomic mass is 10.2. The Labute approximate surface area is 225 Å². The number of anilines is 4. The summed E-state index contributed by atoms with van der Waals surface area (Å²) in [6.07, 6.45) is 0. The molecule has 4 aromatic carbocycles. The van der Waals surface area contributed by atoms with Crippen LogP contribution in [0.2, 0.25) is 0 Å². The Morgan fingerprint density at radius 1 is 0.583 bits per heavy atom. The lowest BCUT2D eigenvalue weighted by Gasteiger charge is -2.08. The summed E-state index contributed by atoms with van der Waals surface area (Å²) in [5.74, 6) is 0. The van der Waals surface area contributed by atoms with Crippen LogP contribution in [0.15, 0.2) is 93.6 Å². The molecule has 0 aliphatic heterocycles. The fourth-order valence-electron chi connectivity index (χ4n) is 3.84. The average Bonchev–Trinajstić information content (AvgIpc) is 3.48. The van der Waals surface area contributed by atoms with Crippen molar-refractivity contribution in [3.63, 3.8) is 0 Å². The van der Waals surface area contributed by atoms with Crippen LogP contribution in [0.1, 0.15) is 11.1 Å². The van der Waals surface area contributed by atoms with Gasteiger partial charge in [-0.3, -0.25) is 0 Å². The Hall–Kier alpha value is -3.04. The van der Waals surface area contributed by atoms with E-state index in [2.05, 4.69) is 109 Å². The maximum absolute atomic E-state index is 4.82.